The Morgan fingerprint density at radius 1 is 0.897 bits per heavy atom. The fourth-order valence-electron chi connectivity index (χ4n) is 7.84. The van der Waals surface area contributed by atoms with Gasteiger partial charge >= 0.3 is 0 Å². The molecule has 3 unspecified atom stereocenters. The Hall–Kier alpha value is -0.870. The molecule has 158 valence electrons. The third-order valence-electron chi connectivity index (χ3n) is 9.77. The molecule has 3 fully saturated rings. The molecule has 5 rings (SSSR count). The SMILES string of the molecule is C[C@]12CCC(O)CC1CC[C@@H]1[C@H]2CC[C@]2(C)C(O)(c3ccc(Cl)cc3)C=C[C@@]12O. The number of aliphatic hydroxyl groups is 3. The number of fused-ring (bicyclic) bond motifs is 5. The van der Waals surface area contributed by atoms with Crippen LogP contribution in [0, 0.1) is 28.6 Å². The standard InChI is InChI=1S/C25H33ClO3/c1-22-11-9-19(27)15-17(22)5-8-21-20(22)10-12-23(2)24(28,13-14-25(21,23)29)16-3-6-18(26)7-4-16/h3-4,6-7,13-14,17,19-21,27-29H,5,8-12,15H2,1-2H3/t17?,19?,20-,21-,22+,23-,24?,25-/m1/s1. The molecule has 4 heteroatoms. The lowest BCUT2D eigenvalue weighted by Crippen LogP contribution is -2.65. The summed E-state index contributed by atoms with van der Waals surface area (Å²) in [5.74, 6) is 1.13. The van der Waals surface area contributed by atoms with Crippen LogP contribution in [0.2, 0.25) is 5.02 Å². The predicted molar refractivity (Wildman–Crippen MR) is 114 cm³/mol. The van der Waals surface area contributed by atoms with Gasteiger partial charge in [0.1, 0.15) is 5.60 Å². The van der Waals surface area contributed by atoms with E-state index in [9.17, 15) is 15.3 Å². The molecule has 4 aliphatic rings. The van der Waals surface area contributed by atoms with Gasteiger partial charge in [0.05, 0.1) is 11.7 Å². The molecule has 8 atom stereocenters. The summed E-state index contributed by atoms with van der Waals surface area (Å²) >= 11 is 6.08. The summed E-state index contributed by atoms with van der Waals surface area (Å²) in [6, 6.07) is 7.40. The number of halogens is 1. The topological polar surface area (TPSA) is 60.7 Å². The van der Waals surface area contributed by atoms with Gasteiger partial charge in [-0.3, -0.25) is 0 Å². The summed E-state index contributed by atoms with van der Waals surface area (Å²) in [5.41, 5.74) is -1.90. The molecule has 0 heterocycles. The zero-order valence-electron chi connectivity index (χ0n) is 17.4. The zero-order valence-corrected chi connectivity index (χ0v) is 18.2. The second kappa shape index (κ2) is 6.32. The summed E-state index contributed by atoms with van der Waals surface area (Å²) in [7, 11) is 0. The summed E-state index contributed by atoms with van der Waals surface area (Å²) in [6.45, 7) is 4.47. The molecular weight excluding hydrogens is 384 g/mol. The molecule has 0 aromatic heterocycles. The van der Waals surface area contributed by atoms with Crippen molar-refractivity contribution in [1.29, 1.82) is 0 Å². The van der Waals surface area contributed by atoms with Gasteiger partial charge in [-0.2, -0.15) is 0 Å². The minimum Gasteiger partial charge on any atom is -0.393 e. The molecule has 0 saturated heterocycles. The highest BCUT2D eigenvalue weighted by atomic mass is 35.5. The molecule has 1 aromatic rings. The van der Waals surface area contributed by atoms with E-state index in [2.05, 4.69) is 13.8 Å². The van der Waals surface area contributed by atoms with E-state index < -0.39 is 16.6 Å². The number of aliphatic hydroxyl groups excluding tert-OH is 1. The molecule has 0 bridgehead atoms. The normalized spacial score (nSPS) is 51.2. The van der Waals surface area contributed by atoms with E-state index in [1.54, 1.807) is 0 Å². The van der Waals surface area contributed by atoms with Gasteiger partial charge in [0.25, 0.3) is 0 Å². The van der Waals surface area contributed by atoms with Crippen molar-refractivity contribution >= 4 is 11.6 Å². The second-order valence-electron chi connectivity index (χ2n) is 10.7. The maximum absolute atomic E-state index is 12.2. The maximum Gasteiger partial charge on any atom is 0.116 e. The van der Waals surface area contributed by atoms with Crippen molar-refractivity contribution in [2.24, 2.45) is 28.6 Å². The molecule has 4 aliphatic carbocycles. The van der Waals surface area contributed by atoms with Gasteiger partial charge in [0, 0.05) is 10.4 Å². The lowest BCUT2D eigenvalue weighted by molar-refractivity contribution is -0.227. The van der Waals surface area contributed by atoms with Crippen LogP contribution < -0.4 is 0 Å². The van der Waals surface area contributed by atoms with Crippen LogP contribution in [0.1, 0.15) is 64.4 Å². The zero-order chi connectivity index (χ0) is 20.7. The first kappa shape index (κ1) is 20.1. The van der Waals surface area contributed by atoms with Gasteiger partial charge < -0.3 is 15.3 Å². The third-order valence-corrected chi connectivity index (χ3v) is 10.0. The molecule has 0 radical (unpaired) electrons. The van der Waals surface area contributed by atoms with E-state index in [-0.39, 0.29) is 17.4 Å². The number of hydrogen-bond acceptors (Lipinski definition) is 3. The number of hydrogen-bond donors (Lipinski definition) is 3. The van der Waals surface area contributed by atoms with Crippen LogP contribution in [0.3, 0.4) is 0 Å². The summed E-state index contributed by atoms with van der Waals surface area (Å²) in [6.07, 6.45) is 10.2. The van der Waals surface area contributed by atoms with E-state index >= 15 is 0 Å². The van der Waals surface area contributed by atoms with Gasteiger partial charge in [0.15, 0.2) is 0 Å². The van der Waals surface area contributed by atoms with Gasteiger partial charge in [-0.25, -0.2) is 0 Å². The molecule has 29 heavy (non-hydrogen) atoms. The summed E-state index contributed by atoms with van der Waals surface area (Å²) in [5, 5.41) is 34.9. The van der Waals surface area contributed by atoms with Gasteiger partial charge in [-0.1, -0.05) is 43.7 Å². The fourth-order valence-corrected chi connectivity index (χ4v) is 7.97. The highest BCUT2D eigenvalue weighted by molar-refractivity contribution is 6.30. The quantitative estimate of drug-likeness (QED) is 0.575. The Morgan fingerprint density at radius 2 is 1.62 bits per heavy atom. The Kier molecular flexibility index (Phi) is 4.37. The maximum atomic E-state index is 12.2. The predicted octanol–water partition coefficient (Wildman–Crippen LogP) is 4.82. The summed E-state index contributed by atoms with van der Waals surface area (Å²) < 4.78 is 0. The van der Waals surface area contributed by atoms with E-state index in [4.69, 9.17) is 11.6 Å². The van der Waals surface area contributed by atoms with Crippen molar-refractivity contribution in [2.75, 3.05) is 0 Å². The first-order valence-corrected chi connectivity index (χ1v) is 11.6. The van der Waals surface area contributed by atoms with Crippen molar-refractivity contribution in [1.82, 2.24) is 0 Å². The van der Waals surface area contributed by atoms with Gasteiger partial charge in [0.2, 0.25) is 0 Å². The molecule has 3 nitrogen and oxygen atoms in total. The van der Waals surface area contributed by atoms with Crippen molar-refractivity contribution in [3.8, 4) is 0 Å². The minimum atomic E-state index is -1.20. The molecule has 0 aliphatic heterocycles. The van der Waals surface area contributed by atoms with Crippen molar-refractivity contribution in [2.45, 2.75) is 76.1 Å². The minimum absolute atomic E-state index is 0.148. The van der Waals surface area contributed by atoms with Crippen LogP contribution in [-0.4, -0.2) is 27.0 Å². The van der Waals surface area contributed by atoms with Crippen LogP contribution in [-0.2, 0) is 5.60 Å². The molecule has 3 saturated carbocycles. The fraction of sp³-hybridized carbons (Fsp3) is 0.680. The van der Waals surface area contributed by atoms with Crippen LogP contribution in [0.25, 0.3) is 0 Å². The van der Waals surface area contributed by atoms with Crippen LogP contribution >= 0.6 is 11.6 Å². The van der Waals surface area contributed by atoms with Crippen molar-refractivity contribution in [3.63, 3.8) is 0 Å². The highest BCUT2D eigenvalue weighted by Gasteiger charge is 2.70. The Bertz CT molecular complexity index is 837. The first-order chi connectivity index (χ1) is 13.6. The van der Waals surface area contributed by atoms with Crippen LogP contribution in [0.5, 0.6) is 0 Å². The van der Waals surface area contributed by atoms with E-state index in [1.165, 1.54) is 0 Å². The van der Waals surface area contributed by atoms with Gasteiger partial charge in [-0.05, 0) is 91.9 Å². The molecule has 0 amide bonds. The average Bonchev–Trinajstić information content (AvgIpc) is 2.91. The number of rotatable bonds is 1. The smallest absolute Gasteiger partial charge is 0.116 e. The van der Waals surface area contributed by atoms with E-state index in [0.29, 0.717) is 16.9 Å². The van der Waals surface area contributed by atoms with Gasteiger partial charge in [-0.15, -0.1) is 0 Å². The Labute approximate surface area is 178 Å². The van der Waals surface area contributed by atoms with Crippen LogP contribution in [0.4, 0.5) is 0 Å². The van der Waals surface area contributed by atoms with Crippen LogP contribution in [0.15, 0.2) is 36.4 Å². The lowest BCUT2D eigenvalue weighted by atomic mass is 9.42. The summed E-state index contributed by atoms with van der Waals surface area (Å²) in [4.78, 5) is 0. The number of benzene rings is 1. The second-order valence-corrected chi connectivity index (χ2v) is 11.2. The van der Waals surface area contributed by atoms with E-state index in [0.717, 1.165) is 50.5 Å². The molecular formula is C25H33ClO3. The monoisotopic (exact) mass is 416 g/mol. The molecule has 0 spiro atoms. The molecule has 1 aromatic carbocycles. The lowest BCUT2D eigenvalue weighted by Gasteiger charge is -2.64. The first-order valence-electron chi connectivity index (χ1n) is 11.2. The van der Waals surface area contributed by atoms with E-state index in [1.807, 2.05) is 36.4 Å². The Balaban J connectivity index is 1.53. The molecule has 3 N–H and O–H groups in total. The average molecular weight is 417 g/mol. The van der Waals surface area contributed by atoms with Crippen molar-refractivity contribution in [3.05, 3.63) is 47.0 Å². The largest absolute Gasteiger partial charge is 0.393 e. The van der Waals surface area contributed by atoms with Crippen molar-refractivity contribution < 1.29 is 15.3 Å². The third kappa shape index (κ3) is 2.48. The Morgan fingerprint density at radius 3 is 2.34 bits per heavy atom. The highest BCUT2D eigenvalue weighted by Crippen LogP contribution is 2.69.